The molecule has 0 fully saturated rings. The Morgan fingerprint density at radius 2 is 2.00 bits per heavy atom. The number of nitrogens with zero attached hydrogens (tertiary/aromatic N) is 2. The van der Waals surface area contributed by atoms with Crippen molar-refractivity contribution in [2.45, 2.75) is 11.6 Å². The molecule has 1 heterocycles. The normalized spacial score (nSPS) is 10.6. The minimum absolute atomic E-state index is 0.0137. The van der Waals surface area contributed by atoms with Crippen LogP contribution in [0.15, 0.2) is 70.6 Å². The molecule has 3 aromatic rings. The lowest BCUT2D eigenvalue weighted by atomic mass is 10.1. The first-order valence-electron chi connectivity index (χ1n) is 8.48. The number of halogens is 1. The number of rotatable bonds is 8. The van der Waals surface area contributed by atoms with Gasteiger partial charge >= 0.3 is 0 Å². The molecule has 5 nitrogen and oxygen atoms in total. The van der Waals surface area contributed by atoms with Gasteiger partial charge in [0.15, 0.2) is 5.16 Å². The summed E-state index contributed by atoms with van der Waals surface area (Å²) in [5.41, 5.74) is 2.09. The fraction of sp³-hybridized carbons (Fsp3) is 0.200. The summed E-state index contributed by atoms with van der Waals surface area (Å²) in [5.74, 6) is 1.15. The Labute approximate surface area is 171 Å². The molecular weight excluding hydrogens is 426 g/mol. The van der Waals surface area contributed by atoms with E-state index in [4.69, 9.17) is 4.74 Å². The summed E-state index contributed by atoms with van der Waals surface area (Å²) < 4.78 is 8.33. The molecule has 1 amide bonds. The van der Waals surface area contributed by atoms with Crippen LogP contribution in [0.5, 0.6) is 5.75 Å². The molecule has 140 valence electrons. The van der Waals surface area contributed by atoms with Gasteiger partial charge in [0.05, 0.1) is 12.9 Å². The third-order valence-electron chi connectivity index (χ3n) is 3.95. The number of ether oxygens (including phenoxy) is 1. The zero-order valence-electron chi connectivity index (χ0n) is 14.9. The number of para-hydroxylation sites is 1. The molecule has 1 aromatic heterocycles. The van der Waals surface area contributed by atoms with Crippen LogP contribution in [-0.2, 0) is 11.2 Å². The third-order valence-corrected chi connectivity index (χ3v) is 5.45. The summed E-state index contributed by atoms with van der Waals surface area (Å²) >= 11 is 4.85. The molecule has 1 N–H and O–H groups in total. The van der Waals surface area contributed by atoms with E-state index in [1.165, 1.54) is 11.8 Å². The highest BCUT2D eigenvalue weighted by atomic mass is 79.9. The minimum Gasteiger partial charge on any atom is -0.496 e. The first-order valence-corrected chi connectivity index (χ1v) is 10.3. The predicted molar refractivity (Wildman–Crippen MR) is 112 cm³/mol. The number of aromatic nitrogens is 2. The van der Waals surface area contributed by atoms with E-state index in [-0.39, 0.29) is 5.91 Å². The van der Waals surface area contributed by atoms with Gasteiger partial charge < -0.3 is 10.1 Å². The first kappa shape index (κ1) is 19.5. The van der Waals surface area contributed by atoms with Gasteiger partial charge in [0.25, 0.3) is 0 Å². The van der Waals surface area contributed by atoms with Gasteiger partial charge in [-0.1, -0.05) is 45.9 Å². The highest BCUT2D eigenvalue weighted by Crippen LogP contribution is 2.22. The topological polar surface area (TPSA) is 56.1 Å². The van der Waals surface area contributed by atoms with Crippen LogP contribution >= 0.6 is 27.7 Å². The number of hydrogen-bond donors (Lipinski definition) is 1. The maximum absolute atomic E-state index is 12.2. The molecule has 3 rings (SSSR count). The van der Waals surface area contributed by atoms with Crippen molar-refractivity contribution in [3.8, 4) is 11.4 Å². The number of benzene rings is 2. The smallest absolute Gasteiger partial charge is 0.230 e. The van der Waals surface area contributed by atoms with E-state index in [9.17, 15) is 4.79 Å². The number of carbonyl (C=O) groups excluding carboxylic acids is 1. The molecule has 0 spiro atoms. The number of imidazole rings is 1. The quantitative estimate of drug-likeness (QED) is 0.530. The number of thioether (sulfide) groups is 1. The number of amides is 1. The number of methoxy groups -OCH3 is 1. The number of hydrogen-bond acceptors (Lipinski definition) is 4. The van der Waals surface area contributed by atoms with Gasteiger partial charge in [-0.15, -0.1) is 0 Å². The molecule has 27 heavy (non-hydrogen) atoms. The molecule has 0 radical (unpaired) electrons. The second-order valence-electron chi connectivity index (χ2n) is 5.76. The standard InChI is InChI=1S/C20H20BrN3O2S/c1-26-18-5-3-2-4-15(18)10-11-22-19(25)14-27-20-23-12-13-24(20)17-8-6-16(21)7-9-17/h2-9,12-13H,10-11,14H2,1H3,(H,22,25). The van der Waals surface area contributed by atoms with Gasteiger partial charge in [-0.25, -0.2) is 4.98 Å². The second-order valence-corrected chi connectivity index (χ2v) is 7.61. The van der Waals surface area contributed by atoms with Crippen molar-refractivity contribution >= 4 is 33.6 Å². The molecule has 0 saturated heterocycles. The van der Waals surface area contributed by atoms with Gasteiger partial charge in [0.1, 0.15) is 5.75 Å². The summed E-state index contributed by atoms with van der Waals surface area (Å²) in [5, 5.41) is 3.74. The monoisotopic (exact) mass is 445 g/mol. The molecule has 0 saturated carbocycles. The molecule has 2 aromatic carbocycles. The lowest BCUT2D eigenvalue weighted by molar-refractivity contribution is -0.118. The summed E-state index contributed by atoms with van der Waals surface area (Å²) in [6, 6.07) is 15.8. The van der Waals surface area contributed by atoms with Crippen LogP contribution in [0.3, 0.4) is 0 Å². The van der Waals surface area contributed by atoms with Gasteiger partial charge in [-0.3, -0.25) is 9.36 Å². The van der Waals surface area contributed by atoms with E-state index in [0.29, 0.717) is 12.3 Å². The zero-order chi connectivity index (χ0) is 19.1. The predicted octanol–water partition coefficient (Wildman–Crippen LogP) is 4.09. The van der Waals surface area contributed by atoms with Gasteiger partial charge in [0, 0.05) is 29.1 Å². The minimum atomic E-state index is -0.0137. The molecule has 0 aliphatic rings. The lowest BCUT2D eigenvalue weighted by Gasteiger charge is -2.10. The largest absolute Gasteiger partial charge is 0.496 e. The fourth-order valence-electron chi connectivity index (χ4n) is 2.62. The summed E-state index contributed by atoms with van der Waals surface area (Å²) in [7, 11) is 1.65. The van der Waals surface area contributed by atoms with Crippen molar-refractivity contribution < 1.29 is 9.53 Å². The Morgan fingerprint density at radius 1 is 1.22 bits per heavy atom. The molecule has 0 aliphatic carbocycles. The van der Waals surface area contributed by atoms with E-state index in [1.807, 2.05) is 59.3 Å². The lowest BCUT2D eigenvalue weighted by Crippen LogP contribution is -2.27. The van der Waals surface area contributed by atoms with Crippen molar-refractivity contribution in [3.05, 3.63) is 71.0 Å². The molecule has 7 heteroatoms. The van der Waals surface area contributed by atoms with Crippen LogP contribution in [-0.4, -0.2) is 34.9 Å². The average Bonchev–Trinajstić information content (AvgIpc) is 3.16. The highest BCUT2D eigenvalue weighted by molar-refractivity contribution is 9.10. The number of nitrogens with one attached hydrogen (secondary N) is 1. The first-order chi connectivity index (χ1) is 13.2. The van der Waals surface area contributed by atoms with Crippen LogP contribution in [0.4, 0.5) is 0 Å². The van der Waals surface area contributed by atoms with Crippen LogP contribution in [0.1, 0.15) is 5.56 Å². The number of carbonyl (C=O) groups is 1. The van der Waals surface area contributed by atoms with Crippen LogP contribution < -0.4 is 10.1 Å². The van der Waals surface area contributed by atoms with Crippen molar-refractivity contribution in [2.75, 3.05) is 19.4 Å². The Morgan fingerprint density at radius 3 is 2.78 bits per heavy atom. The SMILES string of the molecule is COc1ccccc1CCNC(=O)CSc1nccn1-c1ccc(Br)cc1. The maximum atomic E-state index is 12.2. The third kappa shape index (κ3) is 5.37. The van der Waals surface area contributed by atoms with Crippen LogP contribution in [0, 0.1) is 0 Å². The van der Waals surface area contributed by atoms with Crippen molar-refractivity contribution in [1.29, 1.82) is 0 Å². The van der Waals surface area contributed by atoms with Crippen LogP contribution in [0.2, 0.25) is 0 Å². The van der Waals surface area contributed by atoms with E-state index in [0.717, 1.165) is 33.1 Å². The summed E-state index contributed by atoms with van der Waals surface area (Å²) in [4.78, 5) is 16.5. The molecule has 0 bridgehead atoms. The maximum Gasteiger partial charge on any atom is 0.230 e. The summed E-state index contributed by atoms with van der Waals surface area (Å²) in [6.45, 7) is 0.570. The van der Waals surface area contributed by atoms with E-state index >= 15 is 0 Å². The zero-order valence-corrected chi connectivity index (χ0v) is 17.3. The molecule has 0 aliphatic heterocycles. The fourth-order valence-corrected chi connectivity index (χ4v) is 3.69. The molecular formula is C20H20BrN3O2S. The van der Waals surface area contributed by atoms with Crippen molar-refractivity contribution in [2.24, 2.45) is 0 Å². The van der Waals surface area contributed by atoms with E-state index in [1.54, 1.807) is 13.3 Å². The summed E-state index contributed by atoms with van der Waals surface area (Å²) in [6.07, 6.45) is 4.36. The second kappa shape index (κ2) is 9.62. The van der Waals surface area contributed by atoms with Crippen molar-refractivity contribution in [3.63, 3.8) is 0 Å². The Balaban J connectivity index is 1.50. The van der Waals surface area contributed by atoms with Crippen LogP contribution in [0.25, 0.3) is 5.69 Å². The van der Waals surface area contributed by atoms with Gasteiger partial charge in [-0.05, 0) is 42.3 Å². The molecule has 0 atom stereocenters. The Kier molecular flexibility index (Phi) is 6.95. The average molecular weight is 446 g/mol. The van der Waals surface area contributed by atoms with Gasteiger partial charge in [0.2, 0.25) is 5.91 Å². The van der Waals surface area contributed by atoms with Gasteiger partial charge in [-0.2, -0.15) is 0 Å². The van der Waals surface area contributed by atoms with Crippen molar-refractivity contribution in [1.82, 2.24) is 14.9 Å². The Bertz CT molecular complexity index is 896. The van der Waals surface area contributed by atoms with E-state index < -0.39 is 0 Å². The molecule has 0 unspecified atom stereocenters. The highest BCUT2D eigenvalue weighted by Gasteiger charge is 2.09. The van der Waals surface area contributed by atoms with E-state index in [2.05, 4.69) is 26.2 Å². The Hall–Kier alpha value is -2.25.